The van der Waals surface area contributed by atoms with E-state index >= 15 is 0 Å². The largest absolute Gasteiger partial charge is 0.378 e. The average molecular weight is 310 g/mol. The van der Waals surface area contributed by atoms with Crippen LogP contribution in [0.4, 0.5) is 5.95 Å². The summed E-state index contributed by atoms with van der Waals surface area (Å²) in [4.78, 5) is 11.2. The highest BCUT2D eigenvalue weighted by Gasteiger charge is 2.44. The number of hydrogen-bond acceptors (Lipinski definition) is 7. The molecule has 3 aliphatic heterocycles. The number of nitrogens with one attached hydrogen (secondary N) is 1. The topological polar surface area (TPSA) is 84.4 Å². The SMILES string of the molecule is O=S1(=O)Cc2cnc(N3CCOCC3)nc2[C@H]2CNC[C@H]21. The molecule has 4 heterocycles. The highest BCUT2D eigenvalue weighted by molar-refractivity contribution is 7.91. The van der Waals surface area contributed by atoms with E-state index in [4.69, 9.17) is 9.72 Å². The quantitative estimate of drug-likeness (QED) is 0.734. The Morgan fingerprint density at radius 2 is 2.10 bits per heavy atom. The molecule has 0 aliphatic carbocycles. The van der Waals surface area contributed by atoms with Crippen molar-refractivity contribution >= 4 is 15.8 Å². The molecule has 2 fully saturated rings. The first kappa shape index (κ1) is 13.4. The molecule has 0 radical (unpaired) electrons. The summed E-state index contributed by atoms with van der Waals surface area (Å²) < 4.78 is 29.9. The minimum absolute atomic E-state index is 0.0402. The van der Waals surface area contributed by atoms with Gasteiger partial charge >= 0.3 is 0 Å². The molecule has 0 unspecified atom stereocenters. The summed E-state index contributed by atoms with van der Waals surface area (Å²) in [6.45, 7) is 4.14. The zero-order valence-electron chi connectivity index (χ0n) is 11.7. The third-order valence-electron chi connectivity index (χ3n) is 4.51. The third kappa shape index (κ3) is 2.21. The molecule has 114 valence electrons. The Kier molecular flexibility index (Phi) is 3.13. The zero-order chi connectivity index (χ0) is 14.4. The zero-order valence-corrected chi connectivity index (χ0v) is 12.5. The Morgan fingerprint density at radius 3 is 2.90 bits per heavy atom. The summed E-state index contributed by atoms with van der Waals surface area (Å²) in [5.74, 6) is 0.720. The van der Waals surface area contributed by atoms with Crippen molar-refractivity contribution < 1.29 is 13.2 Å². The molecular weight excluding hydrogens is 292 g/mol. The summed E-state index contributed by atoms with van der Waals surface area (Å²) in [7, 11) is -3.09. The van der Waals surface area contributed by atoms with Crippen molar-refractivity contribution in [1.82, 2.24) is 15.3 Å². The van der Waals surface area contributed by atoms with Gasteiger partial charge in [-0.3, -0.25) is 0 Å². The van der Waals surface area contributed by atoms with Gasteiger partial charge in [-0.2, -0.15) is 0 Å². The molecule has 0 amide bonds. The molecular formula is C13H18N4O3S. The predicted octanol–water partition coefficient (Wildman–Crippen LogP) is -0.703. The maximum atomic E-state index is 12.3. The smallest absolute Gasteiger partial charge is 0.225 e. The first-order chi connectivity index (χ1) is 10.1. The van der Waals surface area contributed by atoms with Crippen LogP contribution in [0.2, 0.25) is 0 Å². The second kappa shape index (κ2) is 4.89. The van der Waals surface area contributed by atoms with Gasteiger partial charge in [0.1, 0.15) is 0 Å². The van der Waals surface area contributed by atoms with Crippen molar-refractivity contribution in [3.8, 4) is 0 Å². The number of fused-ring (bicyclic) bond motifs is 3. The lowest BCUT2D eigenvalue weighted by Gasteiger charge is -2.30. The van der Waals surface area contributed by atoms with Crippen LogP contribution in [0.15, 0.2) is 6.20 Å². The van der Waals surface area contributed by atoms with Crippen LogP contribution < -0.4 is 10.2 Å². The van der Waals surface area contributed by atoms with Crippen LogP contribution in [-0.2, 0) is 20.3 Å². The van der Waals surface area contributed by atoms with Crippen molar-refractivity contribution in [1.29, 1.82) is 0 Å². The third-order valence-corrected chi connectivity index (χ3v) is 6.64. The fraction of sp³-hybridized carbons (Fsp3) is 0.692. The second-order valence-corrected chi connectivity index (χ2v) is 8.01. The monoisotopic (exact) mass is 310 g/mol. The molecule has 7 nitrogen and oxygen atoms in total. The van der Waals surface area contributed by atoms with Crippen LogP contribution >= 0.6 is 0 Å². The van der Waals surface area contributed by atoms with E-state index in [-0.39, 0.29) is 16.9 Å². The van der Waals surface area contributed by atoms with Gasteiger partial charge in [-0.05, 0) is 0 Å². The maximum absolute atomic E-state index is 12.3. The normalized spacial score (nSPS) is 30.8. The van der Waals surface area contributed by atoms with Gasteiger partial charge in [0.15, 0.2) is 9.84 Å². The van der Waals surface area contributed by atoms with Gasteiger partial charge in [0, 0.05) is 43.9 Å². The molecule has 8 heteroatoms. The van der Waals surface area contributed by atoms with Gasteiger partial charge in [0.2, 0.25) is 5.95 Å². The van der Waals surface area contributed by atoms with Crippen molar-refractivity contribution in [3.05, 3.63) is 17.5 Å². The number of aromatic nitrogens is 2. The molecule has 4 rings (SSSR count). The Hall–Kier alpha value is -1.25. The lowest BCUT2D eigenvalue weighted by molar-refractivity contribution is 0.122. The van der Waals surface area contributed by atoms with E-state index < -0.39 is 9.84 Å². The molecule has 0 aromatic carbocycles. The van der Waals surface area contributed by atoms with E-state index in [9.17, 15) is 8.42 Å². The first-order valence-electron chi connectivity index (χ1n) is 7.26. The van der Waals surface area contributed by atoms with Crippen molar-refractivity contribution in [3.63, 3.8) is 0 Å². The Morgan fingerprint density at radius 1 is 1.29 bits per heavy atom. The van der Waals surface area contributed by atoms with E-state index in [1.165, 1.54) is 0 Å². The average Bonchev–Trinajstić information content (AvgIpc) is 2.98. The number of rotatable bonds is 1. The lowest BCUT2D eigenvalue weighted by Crippen LogP contribution is -2.39. The maximum Gasteiger partial charge on any atom is 0.225 e. The molecule has 3 aliphatic rings. The Labute approximate surface area is 123 Å². The lowest BCUT2D eigenvalue weighted by atomic mass is 10.00. The molecule has 1 aromatic heterocycles. The molecule has 21 heavy (non-hydrogen) atoms. The standard InChI is InChI=1S/C13H18N4O3S/c18-21(19)8-9-5-15-13(17-1-3-20-4-2-17)16-12(9)10-6-14-7-11(10)21/h5,10-11,14H,1-4,6-8H2/t10-,11+/m0/s1. The van der Waals surface area contributed by atoms with E-state index in [0.717, 1.165) is 24.3 Å². The molecule has 2 saturated heterocycles. The number of nitrogens with zero attached hydrogens (tertiary/aromatic N) is 3. The van der Waals surface area contributed by atoms with Crippen molar-refractivity contribution in [2.24, 2.45) is 0 Å². The van der Waals surface area contributed by atoms with Gasteiger partial charge in [0.05, 0.1) is 29.9 Å². The van der Waals surface area contributed by atoms with E-state index in [2.05, 4.69) is 15.2 Å². The van der Waals surface area contributed by atoms with Gasteiger partial charge in [-0.25, -0.2) is 18.4 Å². The molecule has 1 aromatic rings. The summed E-state index contributed by atoms with van der Waals surface area (Å²) in [6.07, 6.45) is 1.69. The molecule has 2 atom stereocenters. The van der Waals surface area contributed by atoms with Crippen molar-refractivity contribution in [2.45, 2.75) is 16.9 Å². The highest BCUT2D eigenvalue weighted by atomic mass is 32.2. The van der Waals surface area contributed by atoms with Crippen LogP contribution in [0.3, 0.4) is 0 Å². The molecule has 1 N–H and O–H groups in total. The van der Waals surface area contributed by atoms with Crippen LogP contribution in [0, 0.1) is 0 Å². The van der Waals surface area contributed by atoms with Crippen molar-refractivity contribution in [2.75, 3.05) is 44.3 Å². The number of ether oxygens (including phenoxy) is 1. The van der Waals surface area contributed by atoms with Crippen LogP contribution in [-0.4, -0.2) is 63.0 Å². The highest BCUT2D eigenvalue weighted by Crippen LogP contribution is 2.36. The Bertz CT molecular complexity index is 657. The van der Waals surface area contributed by atoms with E-state index in [1.54, 1.807) is 6.20 Å². The fourth-order valence-electron chi connectivity index (χ4n) is 3.39. The first-order valence-corrected chi connectivity index (χ1v) is 8.97. The summed E-state index contributed by atoms with van der Waals surface area (Å²) in [6, 6.07) is 0. The second-order valence-electron chi connectivity index (χ2n) is 5.79. The van der Waals surface area contributed by atoms with E-state index in [1.807, 2.05) is 0 Å². The predicted molar refractivity (Wildman–Crippen MR) is 77.1 cm³/mol. The number of sulfone groups is 1. The summed E-state index contributed by atoms with van der Waals surface area (Å²) in [5.41, 5.74) is 1.67. The minimum Gasteiger partial charge on any atom is -0.378 e. The summed E-state index contributed by atoms with van der Waals surface area (Å²) in [5, 5.41) is 2.85. The fourth-order valence-corrected chi connectivity index (χ4v) is 5.35. The number of morpholine rings is 1. The molecule has 0 saturated carbocycles. The van der Waals surface area contributed by atoms with Gasteiger partial charge in [-0.1, -0.05) is 0 Å². The van der Waals surface area contributed by atoms with Gasteiger partial charge < -0.3 is 15.0 Å². The van der Waals surface area contributed by atoms with Crippen LogP contribution in [0.5, 0.6) is 0 Å². The number of anilines is 1. The van der Waals surface area contributed by atoms with Gasteiger partial charge in [-0.15, -0.1) is 0 Å². The van der Waals surface area contributed by atoms with Gasteiger partial charge in [0.25, 0.3) is 0 Å². The van der Waals surface area contributed by atoms with Crippen LogP contribution in [0.25, 0.3) is 0 Å². The van der Waals surface area contributed by atoms with E-state index in [0.29, 0.717) is 32.3 Å². The Balaban J connectivity index is 1.73. The summed E-state index contributed by atoms with van der Waals surface area (Å²) >= 11 is 0. The minimum atomic E-state index is -3.09. The van der Waals surface area contributed by atoms with Crippen LogP contribution in [0.1, 0.15) is 17.2 Å². The molecule has 0 bridgehead atoms. The number of hydrogen-bond donors (Lipinski definition) is 1. The molecule has 0 spiro atoms.